The number of nitrogens with zero attached hydrogens (tertiary/aromatic N) is 5. The van der Waals surface area contributed by atoms with Crippen molar-refractivity contribution < 1.29 is 4.52 Å². The first kappa shape index (κ1) is 11.7. The van der Waals surface area contributed by atoms with Crippen molar-refractivity contribution >= 4 is 0 Å². The van der Waals surface area contributed by atoms with Gasteiger partial charge in [0.1, 0.15) is 0 Å². The molecule has 0 saturated carbocycles. The van der Waals surface area contributed by atoms with Gasteiger partial charge in [0.2, 0.25) is 0 Å². The van der Waals surface area contributed by atoms with Crippen molar-refractivity contribution in [2.24, 2.45) is 11.7 Å². The minimum atomic E-state index is 0.406. The van der Waals surface area contributed by atoms with Gasteiger partial charge in [-0.25, -0.2) is 0 Å². The smallest absolute Gasteiger partial charge is 0.280 e. The van der Waals surface area contributed by atoms with Gasteiger partial charge in [0.25, 0.3) is 5.89 Å². The first-order chi connectivity index (χ1) is 8.19. The Balaban J connectivity index is 2.12. The van der Waals surface area contributed by atoms with Gasteiger partial charge in [-0.3, -0.25) is 4.68 Å². The van der Waals surface area contributed by atoms with Crippen LogP contribution in [-0.4, -0.2) is 31.7 Å². The molecule has 0 aliphatic heterocycles. The highest BCUT2D eigenvalue weighted by molar-refractivity contribution is 5.43. The first-order valence-electron chi connectivity index (χ1n) is 5.62. The molecule has 92 valence electrons. The highest BCUT2D eigenvalue weighted by Gasteiger charge is 2.13. The molecule has 0 amide bonds. The molecule has 17 heavy (non-hydrogen) atoms. The molecular weight excluding hydrogens is 220 g/mol. The monoisotopic (exact) mass is 236 g/mol. The molecule has 0 saturated heterocycles. The Bertz CT molecular complexity index is 475. The summed E-state index contributed by atoms with van der Waals surface area (Å²) in [7, 11) is 0. The molecule has 7 nitrogen and oxygen atoms in total. The van der Waals surface area contributed by atoms with E-state index in [1.807, 2.05) is 0 Å². The van der Waals surface area contributed by atoms with Crippen LogP contribution in [0, 0.1) is 5.92 Å². The molecule has 2 N–H and O–H groups in total. The van der Waals surface area contributed by atoms with E-state index < -0.39 is 0 Å². The van der Waals surface area contributed by atoms with Crippen LogP contribution in [0.2, 0.25) is 0 Å². The maximum Gasteiger partial charge on any atom is 0.280 e. The molecule has 0 atom stereocenters. The zero-order valence-electron chi connectivity index (χ0n) is 10.00. The molecule has 2 rings (SSSR count). The molecule has 0 radical (unpaired) electrons. The molecule has 0 fully saturated rings. The number of rotatable bonds is 5. The van der Waals surface area contributed by atoms with Gasteiger partial charge >= 0.3 is 0 Å². The van der Waals surface area contributed by atoms with Crippen LogP contribution in [0.25, 0.3) is 11.6 Å². The standard InChI is InChI=1S/C10H16N6O/c1-7(2)5-9-12-10(17-14-9)8-6-16(4-3-11)15-13-8/h6-7H,3-5,11H2,1-2H3. The molecule has 0 spiro atoms. The SMILES string of the molecule is CC(C)Cc1noc(-c2cn(CCN)nn2)n1. The van der Waals surface area contributed by atoms with E-state index in [0.29, 0.717) is 36.4 Å². The Morgan fingerprint density at radius 2 is 2.29 bits per heavy atom. The summed E-state index contributed by atoms with van der Waals surface area (Å²) < 4.78 is 6.79. The summed E-state index contributed by atoms with van der Waals surface area (Å²) in [6.07, 6.45) is 2.54. The summed E-state index contributed by atoms with van der Waals surface area (Å²) in [5.74, 6) is 1.60. The first-order valence-corrected chi connectivity index (χ1v) is 5.62. The van der Waals surface area contributed by atoms with Gasteiger partial charge in [0.15, 0.2) is 11.5 Å². The average molecular weight is 236 g/mol. The van der Waals surface area contributed by atoms with Crippen molar-refractivity contribution in [2.45, 2.75) is 26.8 Å². The zero-order chi connectivity index (χ0) is 12.3. The van der Waals surface area contributed by atoms with Crippen LogP contribution in [0.5, 0.6) is 0 Å². The Morgan fingerprint density at radius 3 is 3.00 bits per heavy atom. The Labute approximate surface area is 99.0 Å². The molecule has 0 aliphatic rings. The topological polar surface area (TPSA) is 95.7 Å². The largest absolute Gasteiger partial charge is 0.332 e. The number of hydrogen-bond donors (Lipinski definition) is 1. The highest BCUT2D eigenvalue weighted by atomic mass is 16.5. The van der Waals surface area contributed by atoms with Gasteiger partial charge in [-0.2, -0.15) is 4.98 Å². The second-order valence-corrected chi connectivity index (χ2v) is 4.27. The summed E-state index contributed by atoms with van der Waals surface area (Å²) in [5.41, 5.74) is 6.01. The normalized spacial score (nSPS) is 11.3. The highest BCUT2D eigenvalue weighted by Crippen LogP contribution is 2.14. The summed E-state index contributed by atoms with van der Waals surface area (Å²) >= 11 is 0. The number of aromatic nitrogens is 5. The van der Waals surface area contributed by atoms with Gasteiger partial charge in [0.05, 0.1) is 12.7 Å². The molecule has 0 aliphatic carbocycles. The van der Waals surface area contributed by atoms with E-state index in [1.165, 1.54) is 0 Å². The van der Waals surface area contributed by atoms with Gasteiger partial charge in [-0.15, -0.1) is 5.10 Å². The van der Waals surface area contributed by atoms with Crippen LogP contribution in [0.4, 0.5) is 0 Å². The van der Waals surface area contributed by atoms with Crippen molar-refractivity contribution in [1.82, 2.24) is 25.1 Å². The van der Waals surface area contributed by atoms with Crippen molar-refractivity contribution in [3.63, 3.8) is 0 Å². The van der Waals surface area contributed by atoms with E-state index >= 15 is 0 Å². The van der Waals surface area contributed by atoms with Gasteiger partial charge in [-0.05, 0) is 5.92 Å². The fraction of sp³-hybridized carbons (Fsp3) is 0.600. The van der Waals surface area contributed by atoms with Crippen molar-refractivity contribution in [1.29, 1.82) is 0 Å². The summed E-state index contributed by atoms with van der Waals surface area (Å²) in [6, 6.07) is 0. The third-order valence-electron chi connectivity index (χ3n) is 2.17. The molecule has 0 aromatic carbocycles. The second-order valence-electron chi connectivity index (χ2n) is 4.27. The van der Waals surface area contributed by atoms with Crippen molar-refractivity contribution in [3.8, 4) is 11.6 Å². The lowest BCUT2D eigenvalue weighted by atomic mass is 10.1. The fourth-order valence-electron chi connectivity index (χ4n) is 1.44. The quantitative estimate of drug-likeness (QED) is 0.811. The van der Waals surface area contributed by atoms with Gasteiger partial charge < -0.3 is 10.3 Å². The van der Waals surface area contributed by atoms with Crippen LogP contribution in [0.15, 0.2) is 10.7 Å². The lowest BCUT2D eigenvalue weighted by Gasteiger charge is -1.95. The van der Waals surface area contributed by atoms with Crippen LogP contribution in [0.3, 0.4) is 0 Å². The predicted molar refractivity (Wildman–Crippen MR) is 60.9 cm³/mol. The number of nitrogens with two attached hydrogens (primary N) is 1. The fourth-order valence-corrected chi connectivity index (χ4v) is 1.44. The Kier molecular flexibility index (Phi) is 3.48. The maximum atomic E-state index is 5.43. The minimum Gasteiger partial charge on any atom is -0.332 e. The molecule has 2 aromatic heterocycles. The molecule has 2 aromatic rings. The third-order valence-corrected chi connectivity index (χ3v) is 2.17. The van der Waals surface area contributed by atoms with E-state index in [4.69, 9.17) is 10.3 Å². The minimum absolute atomic E-state index is 0.406. The van der Waals surface area contributed by atoms with E-state index in [-0.39, 0.29) is 0 Å². The van der Waals surface area contributed by atoms with E-state index in [2.05, 4.69) is 34.3 Å². The molecule has 7 heteroatoms. The van der Waals surface area contributed by atoms with Crippen LogP contribution >= 0.6 is 0 Å². The maximum absolute atomic E-state index is 5.43. The van der Waals surface area contributed by atoms with E-state index in [1.54, 1.807) is 10.9 Å². The average Bonchev–Trinajstić information content (AvgIpc) is 2.86. The van der Waals surface area contributed by atoms with Crippen LogP contribution < -0.4 is 5.73 Å². The summed E-state index contributed by atoms with van der Waals surface area (Å²) in [6.45, 7) is 5.35. The predicted octanol–water partition coefficient (Wildman–Crippen LogP) is 0.485. The van der Waals surface area contributed by atoms with Crippen molar-refractivity contribution in [3.05, 3.63) is 12.0 Å². The zero-order valence-corrected chi connectivity index (χ0v) is 10.00. The number of hydrogen-bond acceptors (Lipinski definition) is 6. The van der Waals surface area contributed by atoms with Gasteiger partial charge in [-0.1, -0.05) is 24.2 Å². The Morgan fingerprint density at radius 1 is 1.47 bits per heavy atom. The van der Waals surface area contributed by atoms with Crippen LogP contribution in [0.1, 0.15) is 19.7 Å². The molecule has 2 heterocycles. The lowest BCUT2D eigenvalue weighted by molar-refractivity contribution is 0.416. The van der Waals surface area contributed by atoms with Crippen molar-refractivity contribution in [2.75, 3.05) is 6.54 Å². The Hall–Kier alpha value is -1.76. The third kappa shape index (κ3) is 2.88. The van der Waals surface area contributed by atoms with Gasteiger partial charge in [0, 0.05) is 13.0 Å². The second kappa shape index (κ2) is 5.05. The van der Waals surface area contributed by atoms with E-state index in [9.17, 15) is 0 Å². The van der Waals surface area contributed by atoms with Crippen LogP contribution in [-0.2, 0) is 13.0 Å². The molecule has 0 bridgehead atoms. The summed E-state index contributed by atoms with van der Waals surface area (Å²) in [5, 5.41) is 11.8. The molecule has 0 unspecified atom stereocenters. The summed E-state index contributed by atoms with van der Waals surface area (Å²) in [4.78, 5) is 4.27. The van der Waals surface area contributed by atoms with E-state index in [0.717, 1.165) is 6.42 Å². The molecular formula is C10H16N6O. The lowest BCUT2D eigenvalue weighted by Crippen LogP contribution is -2.10.